The van der Waals surface area contributed by atoms with E-state index in [4.69, 9.17) is 5.73 Å². The van der Waals surface area contributed by atoms with Gasteiger partial charge in [0.25, 0.3) is 0 Å². The summed E-state index contributed by atoms with van der Waals surface area (Å²) in [4.78, 5) is 2.82. The molecule has 1 heterocycles. The van der Waals surface area contributed by atoms with Crippen molar-refractivity contribution in [1.82, 2.24) is 10.2 Å². The summed E-state index contributed by atoms with van der Waals surface area (Å²) in [5.74, 6) is 0.929. The third kappa shape index (κ3) is 3.44. The van der Waals surface area contributed by atoms with Gasteiger partial charge in [0.1, 0.15) is 0 Å². The Morgan fingerprint density at radius 1 is 1.00 bits per heavy atom. The van der Waals surface area contributed by atoms with E-state index >= 15 is 0 Å². The van der Waals surface area contributed by atoms with Crippen molar-refractivity contribution in [3.63, 3.8) is 0 Å². The predicted molar refractivity (Wildman–Crippen MR) is 158 cm³/mol. The highest BCUT2D eigenvalue weighted by molar-refractivity contribution is 5.62. The fraction of sp³-hybridized carbons (Fsp3) is 0.371. The van der Waals surface area contributed by atoms with Crippen LogP contribution in [-0.4, -0.2) is 23.5 Å². The number of hydrogen-bond acceptors (Lipinski definition) is 3. The first-order valence-corrected chi connectivity index (χ1v) is 14.5. The molecule has 1 aromatic carbocycles. The minimum Gasteiger partial charge on any atom is -0.398 e. The van der Waals surface area contributed by atoms with Crippen LogP contribution in [0.1, 0.15) is 57.1 Å². The Labute approximate surface area is 227 Å². The number of nitrogens with zero attached hydrogens (tertiary/aromatic N) is 1. The molecule has 38 heavy (non-hydrogen) atoms. The molecule has 5 atom stereocenters. The molecule has 7 rings (SSSR count). The molecule has 3 heteroatoms. The number of nitrogens with two attached hydrogens (primary N) is 1. The van der Waals surface area contributed by atoms with Crippen molar-refractivity contribution >= 4 is 5.69 Å². The lowest BCUT2D eigenvalue weighted by Gasteiger charge is -2.47. The van der Waals surface area contributed by atoms with E-state index < -0.39 is 0 Å². The molecule has 1 aromatic rings. The van der Waals surface area contributed by atoms with Gasteiger partial charge in [-0.25, -0.2) is 0 Å². The Kier molecular flexibility index (Phi) is 5.74. The number of hydrogen-bond donors (Lipinski definition) is 2. The second-order valence-corrected chi connectivity index (χ2v) is 11.8. The molecular weight excluding hydrogens is 462 g/mol. The molecule has 0 aromatic heterocycles. The first-order chi connectivity index (χ1) is 18.6. The normalized spacial score (nSPS) is 31.9. The summed E-state index contributed by atoms with van der Waals surface area (Å²) in [5.41, 5.74) is 17.6. The maximum atomic E-state index is 6.57. The topological polar surface area (TPSA) is 41.3 Å². The van der Waals surface area contributed by atoms with Crippen molar-refractivity contribution < 1.29 is 0 Å². The molecule has 194 valence electrons. The van der Waals surface area contributed by atoms with Crippen LogP contribution >= 0.6 is 0 Å². The van der Waals surface area contributed by atoms with E-state index in [1.807, 2.05) is 12.1 Å². The summed E-state index contributed by atoms with van der Waals surface area (Å²) < 4.78 is 0. The van der Waals surface area contributed by atoms with Gasteiger partial charge in [0.2, 0.25) is 0 Å². The van der Waals surface area contributed by atoms with Crippen LogP contribution in [0.5, 0.6) is 0 Å². The predicted octanol–water partition coefficient (Wildman–Crippen LogP) is 7.24. The molecular formula is C35H39N3. The molecule has 0 bridgehead atoms. The number of fused-ring (bicyclic) bond motifs is 5. The van der Waals surface area contributed by atoms with Crippen LogP contribution < -0.4 is 11.1 Å². The summed E-state index contributed by atoms with van der Waals surface area (Å²) in [7, 11) is 2.08. The Morgan fingerprint density at radius 3 is 2.63 bits per heavy atom. The molecule has 1 saturated heterocycles. The Hall–Kier alpha value is -3.30. The molecule has 0 amide bonds. The number of allylic oxidation sites excluding steroid dienone is 10. The van der Waals surface area contributed by atoms with E-state index in [1.54, 1.807) is 16.7 Å². The summed E-state index contributed by atoms with van der Waals surface area (Å²) in [6.45, 7) is 2.53. The van der Waals surface area contributed by atoms with Gasteiger partial charge in [-0.2, -0.15) is 0 Å². The zero-order valence-electron chi connectivity index (χ0n) is 22.7. The zero-order valence-corrected chi connectivity index (χ0v) is 22.7. The number of para-hydroxylation sites is 1. The van der Waals surface area contributed by atoms with Crippen LogP contribution in [0, 0.1) is 11.8 Å². The van der Waals surface area contributed by atoms with Gasteiger partial charge in [0.05, 0.1) is 17.6 Å². The molecule has 6 aliphatic rings. The Balaban J connectivity index is 1.46. The average molecular weight is 502 g/mol. The molecule has 0 radical (unpaired) electrons. The van der Waals surface area contributed by atoms with Crippen molar-refractivity contribution in [2.45, 2.75) is 63.1 Å². The fourth-order valence-electron chi connectivity index (χ4n) is 8.37. The average Bonchev–Trinajstić information content (AvgIpc) is 3.23. The molecule has 1 aliphatic heterocycles. The van der Waals surface area contributed by atoms with E-state index in [9.17, 15) is 0 Å². The van der Waals surface area contributed by atoms with Crippen LogP contribution in [0.4, 0.5) is 5.69 Å². The number of likely N-dealkylation sites (tertiary alicyclic amines) is 1. The van der Waals surface area contributed by atoms with Crippen LogP contribution in [0.2, 0.25) is 0 Å². The monoisotopic (exact) mass is 501 g/mol. The number of rotatable bonds is 4. The summed E-state index contributed by atoms with van der Waals surface area (Å²) in [5, 5.41) is 3.67. The smallest absolute Gasteiger partial charge is 0.0638 e. The number of benzene rings is 1. The number of nitrogens with one attached hydrogen (secondary N) is 1. The number of likely N-dealkylation sites (N-methyl/N-ethyl adjacent to an activating group) is 1. The van der Waals surface area contributed by atoms with Gasteiger partial charge in [-0.3, -0.25) is 0 Å². The molecule has 0 saturated carbocycles. The third-order valence-corrected chi connectivity index (χ3v) is 9.83. The maximum absolute atomic E-state index is 6.57. The van der Waals surface area contributed by atoms with E-state index in [0.29, 0.717) is 17.9 Å². The van der Waals surface area contributed by atoms with Gasteiger partial charge in [0.15, 0.2) is 0 Å². The highest BCUT2D eigenvalue weighted by Gasteiger charge is 2.59. The largest absolute Gasteiger partial charge is 0.398 e. The van der Waals surface area contributed by atoms with Crippen LogP contribution in [0.25, 0.3) is 0 Å². The quantitative estimate of drug-likeness (QED) is 0.427. The van der Waals surface area contributed by atoms with E-state index in [2.05, 4.69) is 97.1 Å². The SMILES string of the molecule is CNC(C1=CC2(C)C(C3=C1C=CCC3)C1C3=C(C=CC1N2C1=CC=CCC1)CCC=C3)c1ccccc1N. The first kappa shape index (κ1) is 23.8. The summed E-state index contributed by atoms with van der Waals surface area (Å²) in [6, 6.07) is 8.78. The van der Waals surface area contributed by atoms with Gasteiger partial charge in [-0.15, -0.1) is 0 Å². The van der Waals surface area contributed by atoms with Crippen LogP contribution in [0.15, 0.2) is 119 Å². The van der Waals surface area contributed by atoms with Crippen molar-refractivity contribution in [2.24, 2.45) is 11.8 Å². The second-order valence-electron chi connectivity index (χ2n) is 11.8. The van der Waals surface area contributed by atoms with Gasteiger partial charge in [0, 0.05) is 23.2 Å². The Bertz CT molecular complexity index is 1410. The molecule has 3 N–H and O–H groups in total. The second kappa shape index (κ2) is 9.17. The van der Waals surface area contributed by atoms with Gasteiger partial charge in [-0.1, -0.05) is 78.5 Å². The Morgan fingerprint density at radius 2 is 1.82 bits per heavy atom. The van der Waals surface area contributed by atoms with Crippen molar-refractivity contribution in [3.05, 3.63) is 124 Å². The van der Waals surface area contributed by atoms with E-state index in [-0.39, 0.29) is 11.6 Å². The van der Waals surface area contributed by atoms with Gasteiger partial charge >= 0.3 is 0 Å². The molecule has 5 aliphatic carbocycles. The molecule has 1 fully saturated rings. The van der Waals surface area contributed by atoms with Crippen LogP contribution in [-0.2, 0) is 0 Å². The van der Waals surface area contributed by atoms with Crippen molar-refractivity contribution in [3.8, 4) is 0 Å². The van der Waals surface area contributed by atoms with Crippen molar-refractivity contribution in [2.75, 3.05) is 12.8 Å². The number of nitrogen functional groups attached to an aromatic ring is 1. The minimum atomic E-state index is -0.123. The highest BCUT2D eigenvalue weighted by atomic mass is 15.3. The van der Waals surface area contributed by atoms with Gasteiger partial charge in [-0.05, 0) is 92.5 Å². The number of anilines is 1. The van der Waals surface area contributed by atoms with Crippen molar-refractivity contribution in [1.29, 1.82) is 0 Å². The lowest BCUT2D eigenvalue weighted by Crippen LogP contribution is -2.48. The highest BCUT2D eigenvalue weighted by Crippen LogP contribution is 2.60. The lowest BCUT2D eigenvalue weighted by molar-refractivity contribution is 0.193. The summed E-state index contributed by atoms with van der Waals surface area (Å²) in [6.07, 6.45) is 31.1. The first-order valence-electron chi connectivity index (χ1n) is 14.5. The third-order valence-electron chi connectivity index (χ3n) is 9.83. The standard InChI is InChI=1S/C35H39N3/c1-35-22-29(34(37-2)28-18-10-11-19-30(28)36)26-16-8-9-17-27(26)33(35)32-25-15-7-6-12-23(25)20-21-31(32)38(35)24-13-4-3-5-14-24/h3-4,7-8,10-11,13,15-16,18-22,31-34,37H,5-6,9,12,14,17,36H2,1-2H3. The maximum Gasteiger partial charge on any atom is 0.0638 e. The van der Waals surface area contributed by atoms with Crippen LogP contribution in [0.3, 0.4) is 0 Å². The fourth-order valence-corrected chi connectivity index (χ4v) is 8.37. The van der Waals surface area contributed by atoms with E-state index in [0.717, 1.165) is 43.4 Å². The zero-order chi connectivity index (χ0) is 25.9. The molecule has 5 unspecified atom stereocenters. The molecule has 3 nitrogen and oxygen atoms in total. The summed E-state index contributed by atoms with van der Waals surface area (Å²) >= 11 is 0. The lowest BCUT2D eigenvalue weighted by atomic mass is 9.62. The van der Waals surface area contributed by atoms with Gasteiger partial charge < -0.3 is 16.0 Å². The van der Waals surface area contributed by atoms with E-state index in [1.165, 1.54) is 23.3 Å². The molecule has 0 spiro atoms. The minimum absolute atomic E-state index is 0.0475.